The van der Waals surface area contributed by atoms with E-state index in [0.717, 1.165) is 48.7 Å². The molecule has 0 spiro atoms. The molecule has 1 aliphatic rings. The molecule has 1 amide bonds. The van der Waals surface area contributed by atoms with Gasteiger partial charge in [-0.25, -0.2) is 4.79 Å². The van der Waals surface area contributed by atoms with Gasteiger partial charge in [0.05, 0.1) is 32.3 Å². The Labute approximate surface area is 275 Å². The second kappa shape index (κ2) is 18.5. The Morgan fingerprint density at radius 3 is 1.67 bits per heavy atom. The van der Waals surface area contributed by atoms with Crippen LogP contribution in [0.5, 0.6) is 0 Å². The summed E-state index contributed by atoms with van der Waals surface area (Å²) in [6.07, 6.45) is -7.84. The summed E-state index contributed by atoms with van der Waals surface area (Å²) in [4.78, 5) is 115. The molecule has 0 aromatic rings. The Bertz CT molecular complexity index is 1230. The minimum atomic E-state index is -3.24. The second-order valence-electron chi connectivity index (χ2n) is 10.2. The van der Waals surface area contributed by atoms with Crippen molar-refractivity contribution >= 4 is 53.7 Å². The van der Waals surface area contributed by atoms with Gasteiger partial charge in [-0.15, -0.1) is 0 Å². The van der Waals surface area contributed by atoms with Crippen LogP contribution in [0, 0.1) is 11.8 Å². The molecular formula is C29H41NO18. The summed E-state index contributed by atoms with van der Waals surface area (Å²) in [7, 11) is 0.819. The fourth-order valence-electron chi connectivity index (χ4n) is 5.08. The Balaban J connectivity index is 4.45. The highest BCUT2D eigenvalue weighted by Crippen LogP contribution is 2.45. The van der Waals surface area contributed by atoms with E-state index in [0.29, 0.717) is 0 Å². The zero-order valence-electron chi connectivity index (χ0n) is 28.0. The number of hydrogen-bond acceptors (Lipinski definition) is 18. The van der Waals surface area contributed by atoms with E-state index in [2.05, 4.69) is 5.32 Å². The molecule has 0 aliphatic carbocycles. The predicted molar refractivity (Wildman–Crippen MR) is 153 cm³/mol. The molecule has 1 fully saturated rings. The number of methoxy groups -OCH3 is 1. The lowest BCUT2D eigenvalue weighted by molar-refractivity contribution is -0.332. The van der Waals surface area contributed by atoms with Crippen LogP contribution in [-0.2, 0) is 85.8 Å². The average molecular weight is 692 g/mol. The van der Waals surface area contributed by atoms with Crippen molar-refractivity contribution in [2.24, 2.45) is 11.8 Å². The summed E-state index contributed by atoms with van der Waals surface area (Å²) in [6, 6.07) is -1.82. The summed E-state index contributed by atoms with van der Waals surface area (Å²) in [5.41, 5.74) is 0. The summed E-state index contributed by atoms with van der Waals surface area (Å²) < 4.78 is 47.8. The highest BCUT2D eigenvalue weighted by molar-refractivity contribution is 5.97. The topological polar surface area (TPSA) is 249 Å². The molecule has 7 atom stereocenters. The molecule has 48 heavy (non-hydrogen) atoms. The van der Waals surface area contributed by atoms with E-state index in [-0.39, 0.29) is 13.2 Å². The average Bonchev–Trinajstić information content (AvgIpc) is 2.95. The van der Waals surface area contributed by atoms with Crippen LogP contribution in [0.15, 0.2) is 0 Å². The number of amides is 1. The number of hydrogen-bond donors (Lipinski definition) is 1. The maximum atomic E-state index is 13.8. The molecule has 1 N–H and O–H groups in total. The minimum Gasteiger partial charge on any atom is -0.465 e. The van der Waals surface area contributed by atoms with Crippen LogP contribution >= 0.6 is 0 Å². The van der Waals surface area contributed by atoms with Crippen molar-refractivity contribution < 1.29 is 85.8 Å². The van der Waals surface area contributed by atoms with Crippen molar-refractivity contribution in [2.75, 3.05) is 26.9 Å². The van der Waals surface area contributed by atoms with Crippen molar-refractivity contribution in [3.63, 3.8) is 0 Å². The van der Waals surface area contributed by atoms with Crippen LogP contribution in [0.25, 0.3) is 0 Å². The molecule has 1 rings (SSSR count). The zero-order chi connectivity index (χ0) is 36.9. The largest absolute Gasteiger partial charge is 0.465 e. The van der Waals surface area contributed by atoms with Gasteiger partial charge in [-0.05, 0) is 13.8 Å². The van der Waals surface area contributed by atoms with Crippen LogP contribution in [-0.4, -0.2) is 117 Å². The number of rotatable bonds is 15. The number of ether oxygens (including phenoxy) is 9. The van der Waals surface area contributed by atoms with Crippen molar-refractivity contribution in [1.82, 2.24) is 5.32 Å². The van der Waals surface area contributed by atoms with Gasteiger partial charge in [0.1, 0.15) is 18.8 Å². The first-order chi connectivity index (χ1) is 22.4. The molecule has 0 bridgehead atoms. The van der Waals surface area contributed by atoms with Gasteiger partial charge < -0.3 is 47.9 Å². The van der Waals surface area contributed by atoms with Gasteiger partial charge in [0.15, 0.2) is 18.1 Å². The van der Waals surface area contributed by atoms with Crippen LogP contribution in [0.3, 0.4) is 0 Å². The monoisotopic (exact) mass is 691 g/mol. The van der Waals surface area contributed by atoms with Gasteiger partial charge in [0.25, 0.3) is 0 Å². The molecule has 19 nitrogen and oxygen atoms in total. The Morgan fingerprint density at radius 1 is 0.729 bits per heavy atom. The number of esters is 8. The second-order valence-corrected chi connectivity index (χ2v) is 10.2. The summed E-state index contributed by atoms with van der Waals surface area (Å²) in [5.74, 6) is -18.2. The van der Waals surface area contributed by atoms with Crippen molar-refractivity contribution in [1.29, 1.82) is 0 Å². The first kappa shape index (κ1) is 41.2. The third-order valence-electron chi connectivity index (χ3n) is 6.45. The predicted octanol–water partition coefficient (Wildman–Crippen LogP) is -0.961. The van der Waals surface area contributed by atoms with Gasteiger partial charge in [0, 0.05) is 41.5 Å². The minimum absolute atomic E-state index is 0.314. The Morgan fingerprint density at radius 2 is 1.27 bits per heavy atom. The molecule has 1 saturated heterocycles. The maximum Gasteiger partial charge on any atom is 0.380 e. The molecule has 19 heteroatoms. The van der Waals surface area contributed by atoms with E-state index in [4.69, 9.17) is 42.6 Å². The van der Waals surface area contributed by atoms with E-state index in [1.54, 1.807) is 0 Å². The summed E-state index contributed by atoms with van der Waals surface area (Å²) in [6.45, 7) is 6.95. The molecule has 0 saturated carbocycles. The molecule has 270 valence electrons. The van der Waals surface area contributed by atoms with Crippen molar-refractivity contribution in [2.45, 2.75) is 91.6 Å². The van der Waals surface area contributed by atoms with Gasteiger partial charge >= 0.3 is 53.5 Å². The van der Waals surface area contributed by atoms with Crippen LogP contribution in [0.4, 0.5) is 0 Å². The molecule has 0 aromatic heterocycles. The van der Waals surface area contributed by atoms with Gasteiger partial charge in [-0.2, -0.15) is 0 Å². The number of nitrogens with one attached hydrogen (secondary N) is 1. The molecule has 1 heterocycles. The van der Waals surface area contributed by atoms with E-state index in [1.165, 1.54) is 13.8 Å². The molecule has 0 aromatic carbocycles. The fourth-order valence-corrected chi connectivity index (χ4v) is 5.08. The lowest BCUT2D eigenvalue weighted by Gasteiger charge is -2.52. The molecule has 0 radical (unpaired) electrons. The van der Waals surface area contributed by atoms with Crippen molar-refractivity contribution in [3.05, 3.63) is 0 Å². The van der Waals surface area contributed by atoms with E-state index in [1.807, 2.05) is 0 Å². The maximum absolute atomic E-state index is 13.8. The molecule has 1 aliphatic heterocycles. The van der Waals surface area contributed by atoms with Crippen LogP contribution < -0.4 is 5.32 Å². The highest BCUT2D eigenvalue weighted by atomic mass is 16.8. The first-order valence-electron chi connectivity index (χ1n) is 14.6. The first-order valence-corrected chi connectivity index (χ1v) is 14.6. The third kappa shape index (κ3) is 10.9. The van der Waals surface area contributed by atoms with Crippen molar-refractivity contribution in [3.8, 4) is 0 Å². The van der Waals surface area contributed by atoms with Gasteiger partial charge in [-0.1, -0.05) is 0 Å². The van der Waals surface area contributed by atoms with Crippen LogP contribution in [0.2, 0.25) is 0 Å². The van der Waals surface area contributed by atoms with Gasteiger partial charge in [0.2, 0.25) is 5.91 Å². The number of carbonyl (C=O) groups is 9. The Hall–Kier alpha value is -4.81. The lowest BCUT2D eigenvalue weighted by atomic mass is 9.73. The third-order valence-corrected chi connectivity index (χ3v) is 6.45. The quantitative estimate of drug-likeness (QED) is 0.123. The van der Waals surface area contributed by atoms with E-state index >= 15 is 0 Å². The Kier molecular flexibility index (Phi) is 15.9. The smallest absolute Gasteiger partial charge is 0.380 e. The van der Waals surface area contributed by atoms with E-state index < -0.39 is 108 Å². The normalized spacial score (nSPS) is 22.9. The fraction of sp³-hybridized carbons (Fsp3) is 0.690. The van der Waals surface area contributed by atoms with Gasteiger partial charge in [-0.3, -0.25) is 38.4 Å². The SMILES string of the molecule is CCOC(=O)C(C(=O)OCC)[C@H]1[C@H](OC(C)=O)[C@@H](NC(C)=O)[C@H]([C@H](OC(C)=O)[C@@H](COC(C)=O)OC(C)=O)O[C@@]1(OC(C)=O)C(=O)OC. The number of carbonyl (C=O) groups excluding carboxylic acids is 9. The summed E-state index contributed by atoms with van der Waals surface area (Å²) in [5, 5.41) is 2.41. The van der Waals surface area contributed by atoms with Crippen LogP contribution in [0.1, 0.15) is 55.4 Å². The zero-order valence-corrected chi connectivity index (χ0v) is 28.0. The summed E-state index contributed by atoms with van der Waals surface area (Å²) >= 11 is 0. The van der Waals surface area contributed by atoms with E-state index in [9.17, 15) is 43.2 Å². The standard InChI is InChI=1S/C29H41NO18/c1-10-41-26(37)20(27(38)42-11-2)21-24(46-17(7)35)22(30-13(3)31)25(48-29(21,28(39)40-9)47-18(8)36)23(45-16(6)34)19(44-15(5)33)12-43-14(4)32/h19-25H,10-12H2,1-9H3,(H,30,31)/t19-,21+,22-,23-,24+,25-,29-/m1/s1. The highest BCUT2D eigenvalue weighted by Gasteiger charge is 2.70. The molecule has 0 unspecified atom stereocenters. The lowest BCUT2D eigenvalue weighted by Crippen LogP contribution is -2.75. The molecular weight excluding hydrogens is 650 g/mol.